The summed E-state index contributed by atoms with van der Waals surface area (Å²) in [6, 6.07) is 12.2. The molecule has 0 aromatic heterocycles. The highest BCUT2D eigenvalue weighted by molar-refractivity contribution is 14.0. The molecule has 0 saturated heterocycles. The first-order valence-corrected chi connectivity index (χ1v) is 11.8. The lowest BCUT2D eigenvalue weighted by atomic mass is 10.1. The Hall–Kier alpha value is -2.01. The van der Waals surface area contributed by atoms with Crippen molar-refractivity contribution in [2.45, 2.75) is 37.8 Å². The number of benzene rings is 2. The molecule has 0 aliphatic rings. The maximum Gasteiger partial charge on any atom is 0.193 e. The molecule has 1 N–H and O–H groups in total. The molecule has 0 amide bonds. The van der Waals surface area contributed by atoms with E-state index in [4.69, 9.17) is 9.47 Å². The fourth-order valence-electron chi connectivity index (χ4n) is 3.30. The van der Waals surface area contributed by atoms with Crippen LogP contribution in [0.1, 0.15) is 24.5 Å². The first-order valence-electron chi connectivity index (χ1n) is 10.2. The second-order valence-corrected chi connectivity index (χ2v) is 9.42. The fourth-order valence-corrected chi connectivity index (χ4v) is 4.91. The smallest absolute Gasteiger partial charge is 0.193 e. The number of rotatable bonds is 9. The zero-order chi connectivity index (χ0) is 23.0. The molecule has 0 aliphatic carbocycles. The molecule has 0 heterocycles. The summed E-state index contributed by atoms with van der Waals surface area (Å²) in [5.74, 6) is 1.98. The summed E-state index contributed by atoms with van der Waals surface area (Å²) in [6.45, 7) is 4.56. The number of hydrogen-bond acceptors (Lipinski definition) is 5. The Kier molecular flexibility index (Phi) is 11.3. The van der Waals surface area contributed by atoms with Crippen LogP contribution in [-0.4, -0.2) is 59.4 Å². The number of nitrogens with zero attached hydrogens (tertiary/aromatic N) is 2. The van der Waals surface area contributed by atoms with E-state index in [-0.39, 0.29) is 35.8 Å². The highest BCUT2D eigenvalue weighted by Gasteiger charge is 2.22. The van der Waals surface area contributed by atoms with Crippen LogP contribution in [0.25, 0.3) is 0 Å². The molecule has 32 heavy (non-hydrogen) atoms. The first-order chi connectivity index (χ1) is 14.7. The van der Waals surface area contributed by atoms with E-state index in [0.717, 1.165) is 11.1 Å². The van der Waals surface area contributed by atoms with E-state index in [9.17, 15) is 8.42 Å². The molecule has 0 spiro atoms. The molecule has 0 aliphatic heterocycles. The van der Waals surface area contributed by atoms with Crippen LogP contribution >= 0.6 is 24.0 Å². The lowest BCUT2D eigenvalue weighted by molar-refractivity contribution is 0.353. The van der Waals surface area contributed by atoms with E-state index >= 15 is 0 Å². The van der Waals surface area contributed by atoms with Crippen molar-refractivity contribution in [1.82, 2.24) is 10.2 Å². The summed E-state index contributed by atoms with van der Waals surface area (Å²) in [4.78, 5) is 6.66. The summed E-state index contributed by atoms with van der Waals surface area (Å²) < 4.78 is 36.4. The van der Waals surface area contributed by atoms with Crippen LogP contribution in [0, 0.1) is 6.92 Å². The van der Waals surface area contributed by atoms with Crippen LogP contribution in [0.5, 0.6) is 11.5 Å². The third kappa shape index (κ3) is 7.26. The minimum Gasteiger partial charge on any atom is -0.493 e. The SMILES string of the molecule is CCC(CS(=O)(=O)c1ccccc1)NC(=NC)N(C)Cc1cc(OC)c(OC)cc1C.I. The van der Waals surface area contributed by atoms with Crippen LogP contribution < -0.4 is 14.8 Å². The zero-order valence-electron chi connectivity index (χ0n) is 19.6. The van der Waals surface area contributed by atoms with Gasteiger partial charge in [0, 0.05) is 26.7 Å². The van der Waals surface area contributed by atoms with E-state index in [1.165, 1.54) is 0 Å². The van der Waals surface area contributed by atoms with Crippen molar-refractivity contribution < 1.29 is 17.9 Å². The molecular weight excluding hydrogens is 541 g/mol. The van der Waals surface area contributed by atoms with Crippen LogP contribution in [-0.2, 0) is 16.4 Å². The molecular formula is C23H34IN3O4S. The quantitative estimate of drug-likeness (QED) is 0.278. The Morgan fingerprint density at radius 2 is 1.72 bits per heavy atom. The van der Waals surface area contributed by atoms with Gasteiger partial charge < -0.3 is 19.7 Å². The predicted octanol–water partition coefficient (Wildman–Crippen LogP) is 3.89. The molecule has 0 fully saturated rings. The topological polar surface area (TPSA) is 80.2 Å². The third-order valence-corrected chi connectivity index (χ3v) is 7.00. The van der Waals surface area contributed by atoms with Gasteiger partial charge in [-0.25, -0.2) is 8.42 Å². The second-order valence-electron chi connectivity index (χ2n) is 7.38. The molecule has 1 unspecified atom stereocenters. The van der Waals surface area contributed by atoms with E-state index in [0.29, 0.717) is 35.3 Å². The average molecular weight is 576 g/mol. The van der Waals surface area contributed by atoms with Crippen LogP contribution in [0.15, 0.2) is 52.4 Å². The number of ether oxygens (including phenoxy) is 2. The molecule has 9 heteroatoms. The Labute approximate surface area is 209 Å². The van der Waals surface area contributed by atoms with Crippen molar-refractivity contribution in [3.63, 3.8) is 0 Å². The number of hydrogen-bond donors (Lipinski definition) is 1. The average Bonchev–Trinajstić information content (AvgIpc) is 2.77. The van der Waals surface area contributed by atoms with Crippen molar-refractivity contribution in [3.8, 4) is 11.5 Å². The van der Waals surface area contributed by atoms with Crippen molar-refractivity contribution in [1.29, 1.82) is 0 Å². The molecule has 0 saturated carbocycles. The Balaban J connectivity index is 0.00000512. The minimum absolute atomic E-state index is 0. The van der Waals surface area contributed by atoms with Gasteiger partial charge in [-0.3, -0.25) is 4.99 Å². The monoisotopic (exact) mass is 575 g/mol. The first kappa shape index (κ1) is 28.0. The highest BCUT2D eigenvalue weighted by Crippen LogP contribution is 2.30. The molecule has 1 atom stereocenters. The van der Waals surface area contributed by atoms with Gasteiger partial charge >= 0.3 is 0 Å². The molecule has 7 nitrogen and oxygen atoms in total. The normalized spacial score (nSPS) is 12.5. The Morgan fingerprint density at radius 1 is 1.12 bits per heavy atom. The highest BCUT2D eigenvalue weighted by atomic mass is 127. The lowest BCUT2D eigenvalue weighted by Gasteiger charge is -2.27. The molecule has 2 aromatic carbocycles. The summed E-state index contributed by atoms with van der Waals surface area (Å²) >= 11 is 0. The van der Waals surface area contributed by atoms with E-state index < -0.39 is 9.84 Å². The minimum atomic E-state index is -3.40. The Morgan fingerprint density at radius 3 is 2.25 bits per heavy atom. The number of methoxy groups -OCH3 is 2. The van der Waals surface area contributed by atoms with Gasteiger partial charge in [-0.1, -0.05) is 25.1 Å². The molecule has 178 valence electrons. The van der Waals surface area contributed by atoms with E-state index in [1.54, 1.807) is 45.5 Å². The predicted molar refractivity (Wildman–Crippen MR) is 140 cm³/mol. The van der Waals surface area contributed by atoms with Crippen molar-refractivity contribution >= 4 is 39.8 Å². The van der Waals surface area contributed by atoms with Gasteiger partial charge in [-0.15, -0.1) is 24.0 Å². The van der Waals surface area contributed by atoms with Gasteiger partial charge in [0.1, 0.15) is 0 Å². The van der Waals surface area contributed by atoms with Gasteiger partial charge in [0.15, 0.2) is 27.3 Å². The van der Waals surface area contributed by atoms with E-state index in [2.05, 4.69) is 10.3 Å². The van der Waals surface area contributed by atoms with Gasteiger partial charge in [0.2, 0.25) is 0 Å². The van der Waals surface area contributed by atoms with Crippen molar-refractivity contribution in [2.75, 3.05) is 34.1 Å². The van der Waals surface area contributed by atoms with Crippen molar-refractivity contribution in [3.05, 3.63) is 53.6 Å². The molecule has 2 aromatic rings. The maximum absolute atomic E-state index is 12.8. The van der Waals surface area contributed by atoms with Gasteiger partial charge in [0.25, 0.3) is 0 Å². The second kappa shape index (κ2) is 12.9. The van der Waals surface area contributed by atoms with Gasteiger partial charge in [-0.2, -0.15) is 0 Å². The van der Waals surface area contributed by atoms with E-state index in [1.807, 2.05) is 44.0 Å². The molecule has 0 radical (unpaired) electrons. The number of aryl methyl sites for hydroxylation is 1. The van der Waals surface area contributed by atoms with Gasteiger partial charge in [0.05, 0.1) is 24.9 Å². The number of sulfone groups is 1. The number of nitrogens with one attached hydrogen (secondary N) is 1. The number of halogens is 1. The van der Waals surface area contributed by atoms with Gasteiger partial charge in [-0.05, 0) is 48.7 Å². The van der Waals surface area contributed by atoms with Crippen LogP contribution in [0.4, 0.5) is 0 Å². The summed E-state index contributed by atoms with van der Waals surface area (Å²) in [5.41, 5.74) is 2.13. The van der Waals surface area contributed by atoms with Crippen molar-refractivity contribution in [2.24, 2.45) is 4.99 Å². The summed E-state index contributed by atoms with van der Waals surface area (Å²) in [6.07, 6.45) is 0.647. The summed E-state index contributed by atoms with van der Waals surface area (Å²) in [7, 11) is 3.44. The fraction of sp³-hybridized carbons (Fsp3) is 0.435. The zero-order valence-corrected chi connectivity index (χ0v) is 22.7. The number of guanidine groups is 1. The summed E-state index contributed by atoms with van der Waals surface area (Å²) in [5, 5.41) is 3.31. The lowest BCUT2D eigenvalue weighted by Crippen LogP contribution is -2.46. The molecule has 2 rings (SSSR count). The van der Waals surface area contributed by atoms with Crippen LogP contribution in [0.2, 0.25) is 0 Å². The largest absolute Gasteiger partial charge is 0.493 e. The standard InChI is InChI=1S/C23H33N3O4S.HI/c1-7-19(16-31(27,28)20-11-9-8-10-12-20)25-23(24-3)26(4)15-18-14-22(30-6)21(29-5)13-17(18)2;/h8-14,19H,7,15-16H2,1-6H3,(H,24,25);1H. The maximum atomic E-state index is 12.8. The van der Waals surface area contributed by atoms with Crippen LogP contribution in [0.3, 0.4) is 0 Å². The third-order valence-electron chi connectivity index (χ3n) is 5.17. The Bertz CT molecular complexity index is 998. The molecule has 0 bridgehead atoms. The number of aliphatic imine (C=N–C) groups is 1.